The first-order valence-corrected chi connectivity index (χ1v) is 8.43. The van der Waals surface area contributed by atoms with Gasteiger partial charge in [0.2, 0.25) is 5.91 Å². The van der Waals surface area contributed by atoms with Crippen LogP contribution in [0.3, 0.4) is 0 Å². The van der Waals surface area contributed by atoms with Gasteiger partial charge in [0.1, 0.15) is 0 Å². The van der Waals surface area contributed by atoms with Crippen LogP contribution in [0.4, 0.5) is 0 Å². The van der Waals surface area contributed by atoms with Crippen LogP contribution in [0.5, 0.6) is 0 Å². The Morgan fingerprint density at radius 1 is 1.39 bits per heavy atom. The Balaban J connectivity index is 2.16. The second-order valence-corrected chi connectivity index (χ2v) is 6.33. The maximum atomic E-state index is 11.6. The summed E-state index contributed by atoms with van der Waals surface area (Å²) in [7, 11) is 0. The molecule has 0 aliphatic heterocycles. The highest BCUT2D eigenvalue weighted by atomic mass is 32.2. The SMILES string of the molecule is CCCNC(CSCC(=O)NC1CC1)C(C)CC. The zero-order valence-electron chi connectivity index (χ0n) is 12.0. The van der Waals surface area contributed by atoms with Gasteiger partial charge in [-0.05, 0) is 31.7 Å². The first-order chi connectivity index (χ1) is 8.67. The molecule has 1 aliphatic carbocycles. The van der Waals surface area contributed by atoms with Crippen molar-refractivity contribution in [3.63, 3.8) is 0 Å². The average molecular weight is 272 g/mol. The predicted octanol–water partition coefficient (Wildman–Crippen LogP) is 2.41. The predicted molar refractivity (Wildman–Crippen MR) is 80.0 cm³/mol. The fourth-order valence-electron chi connectivity index (χ4n) is 1.81. The quantitative estimate of drug-likeness (QED) is 0.642. The highest BCUT2D eigenvalue weighted by Gasteiger charge is 2.23. The van der Waals surface area contributed by atoms with Crippen LogP contribution in [0.25, 0.3) is 0 Å². The summed E-state index contributed by atoms with van der Waals surface area (Å²) >= 11 is 1.76. The van der Waals surface area contributed by atoms with E-state index >= 15 is 0 Å². The Morgan fingerprint density at radius 2 is 2.11 bits per heavy atom. The molecule has 0 saturated heterocycles. The van der Waals surface area contributed by atoms with Crippen LogP contribution >= 0.6 is 11.8 Å². The number of hydrogen-bond acceptors (Lipinski definition) is 3. The van der Waals surface area contributed by atoms with Gasteiger partial charge < -0.3 is 10.6 Å². The lowest BCUT2D eigenvalue weighted by Gasteiger charge is -2.24. The third-order valence-corrected chi connectivity index (χ3v) is 4.52. The summed E-state index contributed by atoms with van der Waals surface area (Å²) in [5.74, 6) is 2.53. The second kappa shape index (κ2) is 8.81. The van der Waals surface area contributed by atoms with Crippen LogP contribution in [0, 0.1) is 5.92 Å². The smallest absolute Gasteiger partial charge is 0.230 e. The topological polar surface area (TPSA) is 41.1 Å². The fourth-order valence-corrected chi connectivity index (χ4v) is 2.90. The first kappa shape index (κ1) is 15.8. The van der Waals surface area contributed by atoms with Crippen LogP contribution in [-0.4, -0.2) is 36.0 Å². The van der Waals surface area contributed by atoms with E-state index in [0.29, 0.717) is 23.8 Å². The monoisotopic (exact) mass is 272 g/mol. The average Bonchev–Trinajstić information content (AvgIpc) is 3.16. The summed E-state index contributed by atoms with van der Waals surface area (Å²) in [5, 5.41) is 6.63. The highest BCUT2D eigenvalue weighted by Crippen LogP contribution is 2.19. The molecule has 0 heterocycles. The third kappa shape index (κ3) is 6.64. The molecule has 1 amide bonds. The van der Waals surface area contributed by atoms with Gasteiger partial charge in [0.15, 0.2) is 0 Å². The Hall–Kier alpha value is -0.220. The van der Waals surface area contributed by atoms with Crippen molar-refractivity contribution in [2.75, 3.05) is 18.1 Å². The number of rotatable bonds is 10. The summed E-state index contributed by atoms with van der Waals surface area (Å²) in [6.07, 6.45) is 4.70. The van der Waals surface area contributed by atoms with Gasteiger partial charge in [-0.15, -0.1) is 0 Å². The van der Waals surface area contributed by atoms with Gasteiger partial charge in [0.25, 0.3) is 0 Å². The summed E-state index contributed by atoms with van der Waals surface area (Å²) in [4.78, 5) is 11.6. The lowest BCUT2D eigenvalue weighted by atomic mass is 10.0. The van der Waals surface area contributed by atoms with Crippen molar-refractivity contribution in [1.29, 1.82) is 0 Å². The molecule has 2 N–H and O–H groups in total. The van der Waals surface area contributed by atoms with E-state index in [9.17, 15) is 4.79 Å². The van der Waals surface area contributed by atoms with E-state index < -0.39 is 0 Å². The van der Waals surface area contributed by atoms with Crippen LogP contribution < -0.4 is 10.6 Å². The molecule has 2 atom stereocenters. The largest absolute Gasteiger partial charge is 0.353 e. The number of thioether (sulfide) groups is 1. The number of amides is 1. The normalized spacial score (nSPS) is 18.4. The van der Waals surface area contributed by atoms with Gasteiger partial charge in [-0.25, -0.2) is 0 Å². The number of carbonyl (C=O) groups excluding carboxylic acids is 1. The van der Waals surface area contributed by atoms with E-state index in [1.54, 1.807) is 11.8 Å². The van der Waals surface area contributed by atoms with Crippen LogP contribution in [-0.2, 0) is 4.79 Å². The molecule has 0 aromatic heterocycles. The number of hydrogen-bond donors (Lipinski definition) is 2. The lowest BCUT2D eigenvalue weighted by Crippen LogP contribution is -2.38. The van der Waals surface area contributed by atoms with Gasteiger partial charge >= 0.3 is 0 Å². The Bertz CT molecular complexity index is 244. The molecule has 0 spiro atoms. The maximum absolute atomic E-state index is 11.6. The van der Waals surface area contributed by atoms with E-state index in [4.69, 9.17) is 0 Å². The van der Waals surface area contributed by atoms with Gasteiger partial charge in [0.05, 0.1) is 5.75 Å². The molecule has 1 aliphatic rings. The highest BCUT2D eigenvalue weighted by molar-refractivity contribution is 8.00. The summed E-state index contributed by atoms with van der Waals surface area (Å²) in [6.45, 7) is 7.79. The van der Waals surface area contributed by atoms with Gasteiger partial charge in [-0.1, -0.05) is 27.2 Å². The van der Waals surface area contributed by atoms with Crippen LogP contribution in [0.2, 0.25) is 0 Å². The number of nitrogens with one attached hydrogen (secondary N) is 2. The van der Waals surface area contributed by atoms with Gasteiger partial charge in [0, 0.05) is 17.8 Å². The van der Waals surface area contributed by atoms with Crippen molar-refractivity contribution in [2.24, 2.45) is 5.92 Å². The zero-order valence-corrected chi connectivity index (χ0v) is 12.8. The van der Waals surface area contributed by atoms with Crippen molar-refractivity contribution in [2.45, 2.75) is 58.5 Å². The maximum Gasteiger partial charge on any atom is 0.230 e. The molecule has 1 fully saturated rings. The summed E-state index contributed by atoms with van der Waals surface area (Å²) < 4.78 is 0. The van der Waals surface area contributed by atoms with Crippen LogP contribution in [0.15, 0.2) is 0 Å². The molecule has 1 rings (SSSR count). The van der Waals surface area contributed by atoms with Crippen molar-refractivity contribution >= 4 is 17.7 Å². The zero-order chi connectivity index (χ0) is 13.4. The van der Waals surface area contributed by atoms with Crippen molar-refractivity contribution in [1.82, 2.24) is 10.6 Å². The molecule has 106 valence electrons. The van der Waals surface area contributed by atoms with Crippen molar-refractivity contribution < 1.29 is 4.79 Å². The standard InChI is InChI=1S/C14H28N2OS/c1-4-8-15-13(11(3)5-2)9-18-10-14(17)16-12-6-7-12/h11-13,15H,4-10H2,1-3H3,(H,16,17). The fraction of sp³-hybridized carbons (Fsp3) is 0.929. The molecule has 3 nitrogen and oxygen atoms in total. The minimum absolute atomic E-state index is 0.209. The third-order valence-electron chi connectivity index (χ3n) is 3.46. The van der Waals surface area contributed by atoms with Gasteiger partial charge in [-0.3, -0.25) is 4.79 Å². The molecule has 2 unspecified atom stereocenters. The van der Waals surface area contributed by atoms with Gasteiger partial charge in [-0.2, -0.15) is 11.8 Å². The molecule has 0 aromatic rings. The van der Waals surface area contributed by atoms with E-state index in [0.717, 1.165) is 12.3 Å². The van der Waals surface area contributed by atoms with Crippen LogP contribution in [0.1, 0.15) is 46.5 Å². The molecule has 0 aromatic carbocycles. The number of carbonyl (C=O) groups is 1. The first-order valence-electron chi connectivity index (χ1n) is 7.27. The molecule has 4 heteroatoms. The Labute approximate surface area is 116 Å². The molecular formula is C14H28N2OS. The molecule has 1 saturated carbocycles. The molecule has 0 radical (unpaired) electrons. The summed E-state index contributed by atoms with van der Waals surface area (Å²) in [6, 6.07) is 1.02. The minimum Gasteiger partial charge on any atom is -0.353 e. The molecular weight excluding hydrogens is 244 g/mol. The second-order valence-electron chi connectivity index (χ2n) is 5.30. The van der Waals surface area contributed by atoms with Crippen molar-refractivity contribution in [3.05, 3.63) is 0 Å². The molecule has 18 heavy (non-hydrogen) atoms. The Morgan fingerprint density at radius 3 is 2.67 bits per heavy atom. The van der Waals surface area contributed by atoms with E-state index in [2.05, 4.69) is 31.4 Å². The van der Waals surface area contributed by atoms with Crippen molar-refractivity contribution in [3.8, 4) is 0 Å². The van der Waals surface area contributed by atoms with E-state index in [1.165, 1.54) is 25.7 Å². The van der Waals surface area contributed by atoms with E-state index in [1.807, 2.05) is 0 Å². The summed E-state index contributed by atoms with van der Waals surface area (Å²) in [5.41, 5.74) is 0. The lowest BCUT2D eigenvalue weighted by molar-refractivity contribution is -0.118. The molecule has 0 bridgehead atoms. The Kier molecular flexibility index (Phi) is 7.75. The minimum atomic E-state index is 0.209. The van der Waals surface area contributed by atoms with E-state index in [-0.39, 0.29) is 5.91 Å².